The lowest BCUT2D eigenvalue weighted by Gasteiger charge is -2.09. The molecule has 0 saturated carbocycles. The molecule has 0 bridgehead atoms. The molecular weight excluding hydrogens is 273 g/mol. The van der Waals surface area contributed by atoms with Crippen molar-refractivity contribution in [2.75, 3.05) is 0 Å². The smallest absolute Gasteiger partial charge is 0.389 e. The summed E-state index contributed by atoms with van der Waals surface area (Å²) in [5, 5.41) is 8.72. The highest BCUT2D eigenvalue weighted by molar-refractivity contribution is 5.76. The highest BCUT2D eigenvalue weighted by atomic mass is 19.4. The molecule has 0 unspecified atom stereocenters. The average Bonchev–Trinajstić information content (AvgIpc) is 2.71. The SMILES string of the molecule is O=C(O)CCn1c(CCC(F)(F)F)nc2ccccc21. The lowest BCUT2D eigenvalue weighted by Crippen LogP contribution is -2.13. The van der Waals surface area contributed by atoms with Gasteiger partial charge in [-0.15, -0.1) is 0 Å². The van der Waals surface area contributed by atoms with Crippen LogP contribution in [0, 0.1) is 0 Å². The van der Waals surface area contributed by atoms with Crippen LogP contribution in [0.25, 0.3) is 11.0 Å². The van der Waals surface area contributed by atoms with Crippen molar-refractivity contribution < 1.29 is 23.1 Å². The summed E-state index contributed by atoms with van der Waals surface area (Å²) in [6, 6.07) is 6.91. The fourth-order valence-corrected chi connectivity index (χ4v) is 2.03. The third-order valence-electron chi connectivity index (χ3n) is 2.91. The Hall–Kier alpha value is -2.05. The molecule has 0 spiro atoms. The maximum Gasteiger partial charge on any atom is 0.389 e. The van der Waals surface area contributed by atoms with Gasteiger partial charge in [-0.2, -0.15) is 13.2 Å². The fourth-order valence-electron chi connectivity index (χ4n) is 2.03. The summed E-state index contributed by atoms with van der Waals surface area (Å²) in [6.45, 7) is 0.114. The first kappa shape index (κ1) is 14.4. The van der Waals surface area contributed by atoms with E-state index in [1.165, 1.54) is 0 Å². The third-order valence-corrected chi connectivity index (χ3v) is 2.91. The van der Waals surface area contributed by atoms with E-state index in [0.717, 1.165) is 0 Å². The lowest BCUT2D eigenvalue weighted by molar-refractivity contribution is -0.137. The average molecular weight is 286 g/mol. The number of carboxylic acid groups (broad SMARTS) is 1. The van der Waals surface area contributed by atoms with Crippen LogP contribution >= 0.6 is 0 Å². The zero-order valence-electron chi connectivity index (χ0n) is 10.5. The molecule has 7 heteroatoms. The Morgan fingerprint density at radius 2 is 2.00 bits per heavy atom. The molecule has 0 aliphatic heterocycles. The molecule has 2 rings (SSSR count). The first-order valence-corrected chi connectivity index (χ1v) is 6.09. The summed E-state index contributed by atoms with van der Waals surface area (Å²) < 4.78 is 38.5. The van der Waals surface area contributed by atoms with Crippen LogP contribution in [0.2, 0.25) is 0 Å². The predicted molar refractivity (Wildman–Crippen MR) is 66.4 cm³/mol. The van der Waals surface area contributed by atoms with Gasteiger partial charge in [0.05, 0.1) is 23.9 Å². The van der Waals surface area contributed by atoms with Gasteiger partial charge in [-0.25, -0.2) is 4.98 Å². The summed E-state index contributed by atoms with van der Waals surface area (Å²) in [7, 11) is 0. The molecule has 2 aromatic rings. The first-order valence-electron chi connectivity index (χ1n) is 6.09. The largest absolute Gasteiger partial charge is 0.481 e. The second-order valence-electron chi connectivity index (χ2n) is 4.43. The molecule has 0 atom stereocenters. The number of carboxylic acids is 1. The van der Waals surface area contributed by atoms with Crippen molar-refractivity contribution >= 4 is 17.0 Å². The maximum absolute atomic E-state index is 12.3. The number of carbonyl (C=O) groups is 1. The van der Waals surface area contributed by atoms with E-state index >= 15 is 0 Å². The molecule has 1 aromatic heterocycles. The van der Waals surface area contributed by atoms with Crippen LogP contribution in [-0.4, -0.2) is 26.8 Å². The van der Waals surface area contributed by atoms with E-state index in [4.69, 9.17) is 5.11 Å². The highest BCUT2D eigenvalue weighted by Gasteiger charge is 2.27. The quantitative estimate of drug-likeness (QED) is 0.919. The van der Waals surface area contributed by atoms with Crippen LogP contribution < -0.4 is 0 Å². The Morgan fingerprint density at radius 3 is 2.65 bits per heavy atom. The van der Waals surface area contributed by atoms with Crippen LogP contribution in [0.15, 0.2) is 24.3 Å². The predicted octanol–water partition coefficient (Wildman–Crippen LogP) is 3.01. The number of imidazole rings is 1. The van der Waals surface area contributed by atoms with Gasteiger partial charge < -0.3 is 9.67 Å². The second kappa shape index (κ2) is 5.52. The summed E-state index contributed by atoms with van der Waals surface area (Å²) in [5.74, 6) is -0.727. The van der Waals surface area contributed by atoms with Gasteiger partial charge in [0.2, 0.25) is 0 Å². The number of hydrogen-bond donors (Lipinski definition) is 1. The minimum Gasteiger partial charge on any atom is -0.481 e. The molecule has 1 heterocycles. The van der Waals surface area contributed by atoms with E-state index in [0.29, 0.717) is 11.0 Å². The molecule has 0 aliphatic rings. The number of rotatable bonds is 5. The van der Waals surface area contributed by atoms with Crippen LogP contribution in [0.1, 0.15) is 18.7 Å². The topological polar surface area (TPSA) is 55.1 Å². The number of aliphatic carboxylic acids is 1. The zero-order chi connectivity index (χ0) is 14.8. The van der Waals surface area contributed by atoms with Crippen LogP contribution in [0.3, 0.4) is 0 Å². The minimum atomic E-state index is -4.25. The molecular formula is C13H13F3N2O2. The van der Waals surface area contributed by atoms with Crippen molar-refractivity contribution in [3.05, 3.63) is 30.1 Å². The molecule has 4 nitrogen and oxygen atoms in total. The monoisotopic (exact) mass is 286 g/mol. The summed E-state index contributed by atoms with van der Waals surface area (Å²) >= 11 is 0. The molecule has 1 aromatic carbocycles. The van der Waals surface area contributed by atoms with Crippen molar-refractivity contribution in [1.82, 2.24) is 9.55 Å². The van der Waals surface area contributed by atoms with Crippen molar-refractivity contribution in [2.45, 2.75) is 32.0 Å². The Bertz CT molecular complexity index is 620. The number of fused-ring (bicyclic) bond motifs is 1. The Balaban J connectivity index is 2.31. The van der Waals surface area contributed by atoms with E-state index in [9.17, 15) is 18.0 Å². The standard InChI is InChI=1S/C13H13F3N2O2/c14-13(15,16)7-5-11-17-9-3-1-2-4-10(9)18(11)8-6-12(19)20/h1-4H,5-8H2,(H,19,20). The van der Waals surface area contributed by atoms with Gasteiger partial charge in [0.25, 0.3) is 0 Å². The number of benzene rings is 1. The molecule has 108 valence electrons. The highest BCUT2D eigenvalue weighted by Crippen LogP contribution is 2.24. The van der Waals surface area contributed by atoms with Crippen molar-refractivity contribution in [3.63, 3.8) is 0 Å². The van der Waals surface area contributed by atoms with E-state index in [2.05, 4.69) is 4.98 Å². The van der Waals surface area contributed by atoms with Crippen LogP contribution in [-0.2, 0) is 17.8 Å². The molecule has 0 fully saturated rings. The number of aromatic nitrogens is 2. The van der Waals surface area contributed by atoms with Crippen molar-refractivity contribution in [3.8, 4) is 0 Å². The molecule has 0 aliphatic carbocycles. The van der Waals surface area contributed by atoms with Crippen molar-refractivity contribution in [1.29, 1.82) is 0 Å². The first-order chi connectivity index (χ1) is 9.37. The number of hydrogen-bond acceptors (Lipinski definition) is 2. The molecule has 20 heavy (non-hydrogen) atoms. The van der Waals surface area contributed by atoms with E-state index in [-0.39, 0.29) is 25.2 Å². The Kier molecular flexibility index (Phi) is 3.96. The number of para-hydroxylation sites is 2. The number of nitrogens with zero attached hydrogens (tertiary/aromatic N) is 2. The number of halogens is 3. The lowest BCUT2D eigenvalue weighted by atomic mass is 10.3. The second-order valence-corrected chi connectivity index (χ2v) is 4.43. The van der Waals surface area contributed by atoms with E-state index < -0.39 is 18.6 Å². The Morgan fingerprint density at radius 1 is 1.30 bits per heavy atom. The van der Waals surface area contributed by atoms with Crippen LogP contribution in [0.4, 0.5) is 13.2 Å². The molecule has 1 N–H and O–H groups in total. The van der Waals surface area contributed by atoms with Gasteiger partial charge >= 0.3 is 12.1 Å². The van der Waals surface area contributed by atoms with Gasteiger partial charge in [0.15, 0.2) is 0 Å². The Labute approximate surface area is 112 Å². The fraction of sp³-hybridized carbons (Fsp3) is 0.385. The van der Waals surface area contributed by atoms with E-state index in [1.807, 2.05) is 0 Å². The van der Waals surface area contributed by atoms with Gasteiger partial charge in [0.1, 0.15) is 5.82 Å². The summed E-state index contributed by atoms with van der Waals surface area (Å²) in [6.07, 6.45) is -5.63. The minimum absolute atomic E-state index is 0.114. The molecule has 0 radical (unpaired) electrons. The number of alkyl halides is 3. The van der Waals surface area contributed by atoms with E-state index in [1.54, 1.807) is 28.8 Å². The van der Waals surface area contributed by atoms with Crippen LogP contribution in [0.5, 0.6) is 0 Å². The van der Waals surface area contributed by atoms with Gasteiger partial charge in [-0.05, 0) is 12.1 Å². The van der Waals surface area contributed by atoms with Crippen molar-refractivity contribution in [2.24, 2.45) is 0 Å². The van der Waals surface area contributed by atoms with Gasteiger partial charge in [0, 0.05) is 13.0 Å². The van der Waals surface area contributed by atoms with Gasteiger partial charge in [-0.1, -0.05) is 12.1 Å². The third kappa shape index (κ3) is 3.49. The zero-order valence-corrected chi connectivity index (χ0v) is 10.5. The molecule has 0 saturated heterocycles. The normalized spacial score (nSPS) is 11.9. The summed E-state index contributed by atoms with van der Waals surface area (Å²) in [4.78, 5) is 14.8. The van der Waals surface area contributed by atoms with Gasteiger partial charge in [-0.3, -0.25) is 4.79 Å². The molecule has 0 amide bonds. The summed E-state index contributed by atoms with van der Waals surface area (Å²) in [5.41, 5.74) is 1.24. The number of aryl methyl sites for hydroxylation is 2. The maximum atomic E-state index is 12.3.